The molecule has 2 nitrogen and oxygen atoms in total. The number of hydrogen-bond acceptors (Lipinski definition) is 2. The lowest BCUT2D eigenvalue weighted by molar-refractivity contribution is -0.140. The van der Waals surface area contributed by atoms with Crippen LogP contribution in [0, 0.1) is 0 Å². The number of aryl methyl sites for hydroxylation is 1. The second-order valence-electron chi connectivity index (χ2n) is 7.14. The van der Waals surface area contributed by atoms with Gasteiger partial charge in [0.15, 0.2) is 0 Å². The summed E-state index contributed by atoms with van der Waals surface area (Å²) in [5.74, 6) is -0.140. The average Bonchev–Trinajstić information content (AvgIpc) is 2.72. The van der Waals surface area contributed by atoms with Gasteiger partial charge in [0.05, 0.1) is 7.11 Å². The molecule has 0 bridgehead atoms. The van der Waals surface area contributed by atoms with Crippen molar-refractivity contribution in [1.82, 2.24) is 0 Å². The minimum atomic E-state index is -0.140. The van der Waals surface area contributed by atoms with Gasteiger partial charge in [0.1, 0.15) is 0 Å². The summed E-state index contributed by atoms with van der Waals surface area (Å²) < 4.78 is 4.77. The lowest BCUT2D eigenvalue weighted by Crippen LogP contribution is -2.00. The van der Waals surface area contributed by atoms with E-state index in [0.29, 0.717) is 6.42 Å². The first kappa shape index (κ1) is 16.1. The number of esters is 1. The fourth-order valence-corrected chi connectivity index (χ4v) is 4.45. The average molecular weight is 352 g/mol. The third kappa shape index (κ3) is 2.44. The number of fused-ring (bicyclic) bond motifs is 2. The Labute approximate surface area is 157 Å². The number of carbonyl (C=O) groups is 1. The number of carbonyl (C=O) groups excluding carboxylic acids is 1. The van der Waals surface area contributed by atoms with Gasteiger partial charge in [-0.2, -0.15) is 0 Å². The fourth-order valence-electron chi connectivity index (χ4n) is 4.45. The minimum absolute atomic E-state index is 0.140. The Morgan fingerprint density at radius 3 is 2.04 bits per heavy atom. The van der Waals surface area contributed by atoms with E-state index in [4.69, 9.17) is 4.74 Å². The van der Waals surface area contributed by atoms with Gasteiger partial charge in [-0.15, -0.1) is 0 Å². The largest absolute Gasteiger partial charge is 0.469 e. The number of methoxy groups -OCH3 is 1. The molecule has 0 aliphatic heterocycles. The molecule has 0 fully saturated rings. The smallest absolute Gasteiger partial charge is 0.305 e. The molecule has 0 saturated heterocycles. The molecule has 0 unspecified atom stereocenters. The zero-order chi connectivity index (χ0) is 18.4. The van der Waals surface area contributed by atoms with Gasteiger partial charge >= 0.3 is 5.97 Å². The highest BCUT2D eigenvalue weighted by molar-refractivity contribution is 6.33. The first-order chi connectivity index (χ1) is 13.3. The predicted molar refractivity (Wildman–Crippen MR) is 113 cm³/mol. The number of rotatable bonds is 4. The molecule has 5 aromatic rings. The second-order valence-corrected chi connectivity index (χ2v) is 7.14. The van der Waals surface area contributed by atoms with Crippen molar-refractivity contribution in [3.63, 3.8) is 0 Å². The van der Waals surface area contributed by atoms with Crippen LogP contribution >= 0.6 is 0 Å². The van der Waals surface area contributed by atoms with Crippen LogP contribution in [0.3, 0.4) is 0 Å². The second kappa shape index (κ2) is 6.24. The van der Waals surface area contributed by atoms with Crippen molar-refractivity contribution in [1.29, 1.82) is 0 Å². The molecule has 0 aliphatic carbocycles. The van der Waals surface area contributed by atoms with E-state index in [1.165, 1.54) is 55.8 Å². The van der Waals surface area contributed by atoms with Gasteiger partial charge in [-0.05, 0) is 61.5 Å². The third-order valence-corrected chi connectivity index (χ3v) is 5.67. The predicted octanol–water partition coefficient (Wildman–Crippen LogP) is 6.23. The normalized spacial score (nSPS) is 11.7. The lowest BCUT2D eigenvalue weighted by Gasteiger charge is -2.16. The molecule has 0 radical (unpaired) electrons. The van der Waals surface area contributed by atoms with Crippen LogP contribution < -0.4 is 0 Å². The van der Waals surface area contributed by atoms with Crippen LogP contribution in [0.4, 0.5) is 0 Å². The Morgan fingerprint density at radius 1 is 0.741 bits per heavy atom. The molecule has 0 N–H and O–H groups in total. The van der Waals surface area contributed by atoms with E-state index in [2.05, 4.69) is 66.7 Å². The van der Waals surface area contributed by atoms with Crippen molar-refractivity contribution in [3.05, 3.63) is 72.3 Å². The quantitative estimate of drug-likeness (QED) is 0.218. The first-order valence-electron chi connectivity index (χ1n) is 9.42. The van der Waals surface area contributed by atoms with E-state index < -0.39 is 0 Å². The summed E-state index contributed by atoms with van der Waals surface area (Å²) in [7, 11) is 1.45. The molecule has 0 saturated carbocycles. The molecular weight excluding hydrogens is 332 g/mol. The number of ether oxygens (including phenoxy) is 1. The summed E-state index contributed by atoms with van der Waals surface area (Å²) in [5, 5.41) is 10.5. The maximum Gasteiger partial charge on any atom is 0.305 e. The maximum atomic E-state index is 11.5. The van der Waals surface area contributed by atoms with E-state index in [1.807, 2.05) is 0 Å². The highest BCUT2D eigenvalue weighted by Crippen LogP contribution is 2.41. The Hall–Kier alpha value is -3.13. The summed E-state index contributed by atoms with van der Waals surface area (Å²) >= 11 is 0. The maximum absolute atomic E-state index is 11.5. The monoisotopic (exact) mass is 352 g/mol. The van der Waals surface area contributed by atoms with Crippen LogP contribution in [-0.4, -0.2) is 13.1 Å². The van der Waals surface area contributed by atoms with Crippen molar-refractivity contribution in [2.24, 2.45) is 0 Å². The highest BCUT2D eigenvalue weighted by atomic mass is 16.5. The summed E-state index contributed by atoms with van der Waals surface area (Å²) in [6.45, 7) is 0. The van der Waals surface area contributed by atoms with Crippen LogP contribution in [0.2, 0.25) is 0 Å². The van der Waals surface area contributed by atoms with Crippen molar-refractivity contribution in [2.75, 3.05) is 7.11 Å². The summed E-state index contributed by atoms with van der Waals surface area (Å²) in [5.41, 5.74) is 1.30. The SMILES string of the molecule is COC(=O)CCCc1ccc2c3cccc4cccc(c5cccc1c52)c43. The molecular formula is C25H20O2. The molecule has 0 atom stereocenters. The van der Waals surface area contributed by atoms with E-state index in [9.17, 15) is 4.79 Å². The molecule has 0 heterocycles. The standard InChI is InChI=1S/C25H20O2/c1-27-23(26)13-4-6-16-14-15-22-20-11-3-8-17-7-2-10-19(24(17)20)21-12-5-9-18(16)25(21)22/h2-3,5,7-12,14-15H,4,6,13H2,1H3. The van der Waals surface area contributed by atoms with Crippen LogP contribution in [0.25, 0.3) is 43.1 Å². The van der Waals surface area contributed by atoms with Crippen molar-refractivity contribution in [3.8, 4) is 0 Å². The van der Waals surface area contributed by atoms with E-state index in [0.717, 1.165) is 12.8 Å². The summed E-state index contributed by atoms with van der Waals surface area (Å²) in [4.78, 5) is 11.5. The van der Waals surface area contributed by atoms with Crippen molar-refractivity contribution in [2.45, 2.75) is 19.3 Å². The highest BCUT2D eigenvalue weighted by Gasteiger charge is 2.14. The van der Waals surface area contributed by atoms with Gasteiger partial charge in [0.25, 0.3) is 0 Å². The number of hydrogen-bond donors (Lipinski definition) is 0. The first-order valence-corrected chi connectivity index (χ1v) is 9.42. The molecule has 132 valence electrons. The van der Waals surface area contributed by atoms with Crippen LogP contribution in [-0.2, 0) is 16.0 Å². The molecule has 27 heavy (non-hydrogen) atoms. The van der Waals surface area contributed by atoms with Gasteiger partial charge in [-0.25, -0.2) is 0 Å². The summed E-state index contributed by atoms with van der Waals surface area (Å²) in [6.07, 6.45) is 2.14. The lowest BCUT2D eigenvalue weighted by atomic mass is 9.87. The van der Waals surface area contributed by atoms with Crippen molar-refractivity contribution < 1.29 is 9.53 Å². The molecule has 0 aliphatic rings. The van der Waals surface area contributed by atoms with Gasteiger partial charge in [0, 0.05) is 6.42 Å². The van der Waals surface area contributed by atoms with Crippen molar-refractivity contribution >= 4 is 49.1 Å². The Morgan fingerprint density at radius 2 is 1.33 bits per heavy atom. The molecule has 5 aromatic carbocycles. The molecule has 2 heteroatoms. The van der Waals surface area contributed by atoms with E-state index in [-0.39, 0.29) is 5.97 Å². The van der Waals surface area contributed by atoms with Crippen LogP contribution in [0.15, 0.2) is 66.7 Å². The zero-order valence-electron chi connectivity index (χ0n) is 15.3. The third-order valence-electron chi connectivity index (χ3n) is 5.67. The van der Waals surface area contributed by atoms with E-state index in [1.54, 1.807) is 0 Å². The summed E-state index contributed by atoms with van der Waals surface area (Å²) in [6, 6.07) is 24.2. The minimum Gasteiger partial charge on any atom is -0.469 e. The Balaban J connectivity index is 1.78. The van der Waals surface area contributed by atoms with Gasteiger partial charge < -0.3 is 4.74 Å². The van der Waals surface area contributed by atoms with Crippen LogP contribution in [0.5, 0.6) is 0 Å². The van der Waals surface area contributed by atoms with Gasteiger partial charge in [-0.3, -0.25) is 4.79 Å². The Bertz CT molecular complexity index is 1250. The molecule has 0 spiro atoms. The molecule has 0 amide bonds. The van der Waals surface area contributed by atoms with Crippen LogP contribution in [0.1, 0.15) is 18.4 Å². The Kier molecular flexibility index (Phi) is 3.71. The van der Waals surface area contributed by atoms with Gasteiger partial charge in [-0.1, -0.05) is 66.7 Å². The topological polar surface area (TPSA) is 26.3 Å². The van der Waals surface area contributed by atoms with E-state index >= 15 is 0 Å². The molecule has 0 aromatic heterocycles. The van der Waals surface area contributed by atoms with Gasteiger partial charge in [0.2, 0.25) is 0 Å². The fraction of sp³-hybridized carbons (Fsp3) is 0.160. The zero-order valence-corrected chi connectivity index (χ0v) is 15.3. The number of benzene rings is 5. The molecule has 5 rings (SSSR count).